The third-order valence-corrected chi connectivity index (χ3v) is 2.68. The molecule has 0 bridgehead atoms. The van der Waals surface area contributed by atoms with Gasteiger partial charge in [-0.25, -0.2) is 4.98 Å². The maximum atomic E-state index is 11.6. The molecule has 1 saturated carbocycles. The number of anilines is 1. The molecule has 1 aliphatic carbocycles. The molecule has 1 N–H and O–H groups in total. The Morgan fingerprint density at radius 1 is 1.69 bits per heavy atom. The van der Waals surface area contributed by atoms with E-state index < -0.39 is 0 Å². The minimum atomic E-state index is 0.0536. The molecule has 86 valence electrons. The van der Waals surface area contributed by atoms with Gasteiger partial charge in [0.15, 0.2) is 0 Å². The summed E-state index contributed by atoms with van der Waals surface area (Å²) in [7, 11) is 1.86. The van der Waals surface area contributed by atoms with Gasteiger partial charge in [-0.3, -0.25) is 4.79 Å². The molecule has 2 rings (SSSR count). The molecule has 0 aromatic carbocycles. The Balaban J connectivity index is 1.91. The normalized spacial score (nSPS) is 14.6. The number of hydrogen-bond donors (Lipinski definition) is 1. The van der Waals surface area contributed by atoms with E-state index in [0.717, 1.165) is 18.5 Å². The molecule has 1 aliphatic rings. The van der Waals surface area contributed by atoms with Gasteiger partial charge in [-0.15, -0.1) is 0 Å². The summed E-state index contributed by atoms with van der Waals surface area (Å²) in [5.41, 5.74) is 0.894. The van der Waals surface area contributed by atoms with Crippen LogP contribution in [0.15, 0.2) is 18.3 Å². The lowest BCUT2D eigenvalue weighted by atomic mass is 10.3. The maximum Gasteiger partial charge on any atom is 0.239 e. The van der Waals surface area contributed by atoms with Crippen LogP contribution >= 0.6 is 11.6 Å². The molecule has 1 aromatic heterocycles. The molecular formula is C11H14ClN3O. The van der Waals surface area contributed by atoms with Crippen molar-refractivity contribution in [3.63, 3.8) is 0 Å². The van der Waals surface area contributed by atoms with Crippen molar-refractivity contribution in [2.24, 2.45) is 0 Å². The number of aromatic nitrogens is 1. The molecule has 1 aromatic rings. The van der Waals surface area contributed by atoms with Crippen molar-refractivity contribution in [3.05, 3.63) is 23.5 Å². The summed E-state index contributed by atoms with van der Waals surface area (Å²) in [4.78, 5) is 17.3. The van der Waals surface area contributed by atoms with Crippen molar-refractivity contribution in [2.45, 2.75) is 18.9 Å². The third-order valence-electron chi connectivity index (χ3n) is 2.47. The molecule has 0 saturated heterocycles. The molecule has 1 heterocycles. The summed E-state index contributed by atoms with van der Waals surface area (Å²) in [6.45, 7) is 0.344. The molecule has 0 radical (unpaired) electrons. The number of nitrogens with one attached hydrogen (secondary N) is 1. The van der Waals surface area contributed by atoms with Crippen molar-refractivity contribution in [1.29, 1.82) is 0 Å². The molecule has 0 aliphatic heterocycles. The van der Waals surface area contributed by atoms with E-state index in [2.05, 4.69) is 10.3 Å². The van der Waals surface area contributed by atoms with Crippen LogP contribution in [0.2, 0.25) is 5.15 Å². The summed E-state index contributed by atoms with van der Waals surface area (Å²) < 4.78 is 0. The first-order valence-electron chi connectivity index (χ1n) is 5.27. The van der Waals surface area contributed by atoms with E-state index in [1.54, 1.807) is 12.3 Å². The Hall–Kier alpha value is -1.29. The predicted octanol–water partition coefficient (Wildman–Crippen LogP) is 1.45. The van der Waals surface area contributed by atoms with Crippen LogP contribution in [0.4, 0.5) is 5.69 Å². The Labute approximate surface area is 99.6 Å². The fourth-order valence-electron chi connectivity index (χ4n) is 1.44. The number of rotatable bonds is 4. The van der Waals surface area contributed by atoms with Crippen molar-refractivity contribution in [2.75, 3.05) is 18.5 Å². The van der Waals surface area contributed by atoms with Crippen LogP contribution in [0.5, 0.6) is 0 Å². The highest BCUT2D eigenvalue weighted by molar-refractivity contribution is 6.29. The number of hydrogen-bond acceptors (Lipinski definition) is 3. The maximum absolute atomic E-state index is 11.6. The number of pyridine rings is 1. The molecule has 1 fully saturated rings. The summed E-state index contributed by atoms with van der Waals surface area (Å²) >= 11 is 5.78. The monoisotopic (exact) mass is 239 g/mol. The first-order valence-corrected chi connectivity index (χ1v) is 5.65. The van der Waals surface area contributed by atoms with Crippen LogP contribution in [-0.4, -0.2) is 30.5 Å². The first-order chi connectivity index (χ1) is 7.65. The second-order valence-corrected chi connectivity index (χ2v) is 4.42. The zero-order chi connectivity index (χ0) is 11.5. The van der Waals surface area contributed by atoms with Gasteiger partial charge in [0.2, 0.25) is 5.91 Å². The molecule has 4 nitrogen and oxygen atoms in total. The lowest BCUT2D eigenvalue weighted by molar-refractivity contribution is -0.119. The summed E-state index contributed by atoms with van der Waals surface area (Å²) in [6.07, 6.45) is 3.85. The Morgan fingerprint density at radius 3 is 3.06 bits per heavy atom. The van der Waals surface area contributed by atoms with E-state index in [9.17, 15) is 4.79 Å². The van der Waals surface area contributed by atoms with Gasteiger partial charge in [0.1, 0.15) is 5.15 Å². The molecule has 0 atom stereocenters. The third kappa shape index (κ3) is 3.10. The topological polar surface area (TPSA) is 45.2 Å². The molecule has 1 amide bonds. The van der Waals surface area contributed by atoms with Gasteiger partial charge in [-0.2, -0.15) is 0 Å². The number of amides is 1. The van der Waals surface area contributed by atoms with Crippen molar-refractivity contribution in [1.82, 2.24) is 10.3 Å². The van der Waals surface area contributed by atoms with E-state index in [1.807, 2.05) is 18.0 Å². The SMILES string of the molecule is CN(CC(=O)NC1CC1)c1ccnc(Cl)c1. The molecular weight excluding hydrogens is 226 g/mol. The van der Waals surface area contributed by atoms with E-state index >= 15 is 0 Å². The average molecular weight is 240 g/mol. The van der Waals surface area contributed by atoms with Crippen molar-refractivity contribution >= 4 is 23.2 Å². The Kier molecular flexibility index (Phi) is 3.29. The minimum absolute atomic E-state index is 0.0536. The van der Waals surface area contributed by atoms with Crippen molar-refractivity contribution < 1.29 is 4.79 Å². The lowest BCUT2D eigenvalue weighted by Crippen LogP contribution is -2.36. The zero-order valence-corrected chi connectivity index (χ0v) is 9.87. The number of nitrogens with zero attached hydrogens (tertiary/aromatic N) is 2. The van der Waals surface area contributed by atoms with E-state index in [4.69, 9.17) is 11.6 Å². The molecule has 0 spiro atoms. The van der Waals surface area contributed by atoms with Gasteiger partial charge in [0.05, 0.1) is 6.54 Å². The Morgan fingerprint density at radius 2 is 2.44 bits per heavy atom. The van der Waals surface area contributed by atoms with Gasteiger partial charge in [0.25, 0.3) is 0 Å². The molecule has 0 unspecified atom stereocenters. The lowest BCUT2D eigenvalue weighted by Gasteiger charge is -2.18. The van der Waals surface area contributed by atoms with Crippen molar-refractivity contribution in [3.8, 4) is 0 Å². The second kappa shape index (κ2) is 4.70. The highest BCUT2D eigenvalue weighted by Crippen LogP contribution is 2.19. The van der Waals surface area contributed by atoms with Crippen LogP contribution in [-0.2, 0) is 4.79 Å². The average Bonchev–Trinajstić information content (AvgIpc) is 3.01. The van der Waals surface area contributed by atoms with E-state index in [1.165, 1.54) is 0 Å². The van der Waals surface area contributed by atoms with E-state index in [-0.39, 0.29) is 5.91 Å². The smallest absolute Gasteiger partial charge is 0.239 e. The predicted molar refractivity (Wildman–Crippen MR) is 63.7 cm³/mol. The van der Waals surface area contributed by atoms with Crippen LogP contribution in [0.3, 0.4) is 0 Å². The van der Waals surface area contributed by atoms with E-state index in [0.29, 0.717) is 17.7 Å². The van der Waals surface area contributed by atoms with Gasteiger partial charge in [-0.05, 0) is 25.0 Å². The van der Waals surface area contributed by atoms with Crippen LogP contribution in [0.1, 0.15) is 12.8 Å². The highest BCUT2D eigenvalue weighted by atomic mass is 35.5. The zero-order valence-electron chi connectivity index (χ0n) is 9.11. The fourth-order valence-corrected chi connectivity index (χ4v) is 1.61. The largest absolute Gasteiger partial charge is 0.365 e. The summed E-state index contributed by atoms with van der Waals surface area (Å²) in [6, 6.07) is 3.98. The standard InChI is InChI=1S/C11H14ClN3O/c1-15(7-11(16)14-8-2-3-8)9-4-5-13-10(12)6-9/h4-6,8H,2-3,7H2,1H3,(H,14,16). The molecule has 5 heteroatoms. The van der Waals surface area contributed by atoms with Crippen LogP contribution in [0.25, 0.3) is 0 Å². The Bertz CT molecular complexity index is 393. The van der Waals surface area contributed by atoms with Gasteiger partial charge in [-0.1, -0.05) is 11.6 Å². The summed E-state index contributed by atoms with van der Waals surface area (Å²) in [5.74, 6) is 0.0536. The fraction of sp³-hybridized carbons (Fsp3) is 0.455. The quantitative estimate of drug-likeness (QED) is 0.809. The highest BCUT2D eigenvalue weighted by Gasteiger charge is 2.23. The van der Waals surface area contributed by atoms with Gasteiger partial charge in [0, 0.05) is 25.0 Å². The number of likely N-dealkylation sites (N-methyl/N-ethyl adjacent to an activating group) is 1. The number of carbonyl (C=O) groups excluding carboxylic acids is 1. The number of halogens is 1. The second-order valence-electron chi connectivity index (χ2n) is 4.03. The van der Waals surface area contributed by atoms with Gasteiger partial charge >= 0.3 is 0 Å². The number of carbonyl (C=O) groups is 1. The molecule has 16 heavy (non-hydrogen) atoms. The summed E-state index contributed by atoms with van der Waals surface area (Å²) in [5, 5.41) is 3.38. The van der Waals surface area contributed by atoms with Gasteiger partial charge < -0.3 is 10.2 Å². The first kappa shape index (κ1) is 11.2. The van der Waals surface area contributed by atoms with Crippen LogP contribution < -0.4 is 10.2 Å². The van der Waals surface area contributed by atoms with Crippen LogP contribution in [0, 0.1) is 0 Å². The minimum Gasteiger partial charge on any atom is -0.365 e.